The van der Waals surface area contributed by atoms with Gasteiger partial charge in [-0.25, -0.2) is 0 Å². The van der Waals surface area contributed by atoms with E-state index in [1.165, 1.54) is 11.1 Å². The van der Waals surface area contributed by atoms with E-state index in [2.05, 4.69) is 56.2 Å². The van der Waals surface area contributed by atoms with Gasteiger partial charge in [-0.15, -0.1) is 0 Å². The zero-order valence-corrected chi connectivity index (χ0v) is 13.7. The molecule has 0 aliphatic carbocycles. The first-order valence-corrected chi connectivity index (χ1v) is 7.47. The van der Waals surface area contributed by atoms with Crippen molar-refractivity contribution in [2.45, 2.75) is 13.5 Å². The van der Waals surface area contributed by atoms with E-state index in [0.717, 1.165) is 26.2 Å². The number of rotatable bonds is 3. The third-order valence-corrected chi connectivity index (χ3v) is 4.93. The van der Waals surface area contributed by atoms with Crippen molar-refractivity contribution >= 4 is 49.1 Å². The number of anilines is 1. The number of halogens is 3. The minimum atomic E-state index is 0.732. The number of hydrogen-bond donors (Lipinski definition) is 1. The summed E-state index contributed by atoms with van der Waals surface area (Å²) in [5.41, 5.74) is 3.50. The van der Waals surface area contributed by atoms with E-state index in [1.807, 2.05) is 24.3 Å². The summed E-state index contributed by atoms with van der Waals surface area (Å²) in [5, 5.41) is 4.14. The van der Waals surface area contributed by atoms with Crippen LogP contribution in [0.15, 0.2) is 45.3 Å². The Morgan fingerprint density at radius 1 is 1.17 bits per heavy atom. The molecule has 2 aromatic carbocycles. The van der Waals surface area contributed by atoms with E-state index >= 15 is 0 Å². The van der Waals surface area contributed by atoms with E-state index in [9.17, 15) is 0 Å². The Hall–Kier alpha value is -0.510. The number of aryl methyl sites for hydroxylation is 1. The molecule has 0 aliphatic rings. The molecule has 0 atom stereocenters. The van der Waals surface area contributed by atoms with Crippen LogP contribution in [0.5, 0.6) is 0 Å². The van der Waals surface area contributed by atoms with Crippen molar-refractivity contribution in [1.29, 1.82) is 0 Å². The number of nitrogens with one attached hydrogen (secondary N) is 1. The highest BCUT2D eigenvalue weighted by molar-refractivity contribution is 9.11. The topological polar surface area (TPSA) is 12.0 Å². The van der Waals surface area contributed by atoms with Crippen LogP contribution in [0.1, 0.15) is 11.1 Å². The van der Waals surface area contributed by atoms with Crippen LogP contribution in [-0.4, -0.2) is 0 Å². The number of hydrogen-bond acceptors (Lipinski definition) is 1. The van der Waals surface area contributed by atoms with E-state index in [4.69, 9.17) is 11.6 Å². The molecule has 0 aromatic heterocycles. The molecule has 0 spiro atoms. The summed E-state index contributed by atoms with van der Waals surface area (Å²) < 4.78 is 2.03. The second kappa shape index (κ2) is 6.09. The van der Waals surface area contributed by atoms with Gasteiger partial charge < -0.3 is 5.32 Å². The third-order valence-electron chi connectivity index (χ3n) is 2.66. The van der Waals surface area contributed by atoms with Crippen LogP contribution in [0.4, 0.5) is 5.69 Å². The normalized spacial score (nSPS) is 10.4. The van der Waals surface area contributed by atoms with Crippen molar-refractivity contribution in [2.75, 3.05) is 5.32 Å². The van der Waals surface area contributed by atoms with Gasteiger partial charge in [0.25, 0.3) is 0 Å². The van der Waals surface area contributed by atoms with Gasteiger partial charge in [0, 0.05) is 21.2 Å². The lowest BCUT2D eigenvalue weighted by Gasteiger charge is -2.10. The van der Waals surface area contributed by atoms with Crippen LogP contribution in [0, 0.1) is 6.92 Å². The Balaban J connectivity index is 2.11. The summed E-state index contributed by atoms with van der Waals surface area (Å²) in [6.45, 7) is 2.84. The smallest absolute Gasteiger partial charge is 0.0548 e. The molecule has 0 bridgehead atoms. The molecule has 0 saturated carbocycles. The average molecular weight is 390 g/mol. The van der Waals surface area contributed by atoms with Gasteiger partial charge >= 0.3 is 0 Å². The molecule has 0 unspecified atom stereocenters. The third kappa shape index (κ3) is 3.28. The molecule has 0 fully saturated rings. The highest BCUT2D eigenvalue weighted by Gasteiger charge is 2.03. The molecule has 1 nitrogen and oxygen atoms in total. The van der Waals surface area contributed by atoms with E-state index in [-0.39, 0.29) is 0 Å². The minimum absolute atomic E-state index is 0.732. The van der Waals surface area contributed by atoms with Gasteiger partial charge in [0.1, 0.15) is 0 Å². The number of benzene rings is 2. The SMILES string of the molecule is Cc1cccc(NCc2ccc(Cl)c(Br)c2)c1Br. The summed E-state index contributed by atoms with van der Waals surface area (Å²) in [4.78, 5) is 0. The lowest BCUT2D eigenvalue weighted by Crippen LogP contribution is -2.00. The fourth-order valence-electron chi connectivity index (χ4n) is 1.63. The van der Waals surface area contributed by atoms with Gasteiger partial charge in [-0.1, -0.05) is 29.8 Å². The van der Waals surface area contributed by atoms with Crippen LogP contribution in [0.3, 0.4) is 0 Å². The Labute approximate surface area is 129 Å². The van der Waals surface area contributed by atoms with Crippen molar-refractivity contribution in [3.8, 4) is 0 Å². The van der Waals surface area contributed by atoms with Crippen molar-refractivity contribution in [3.63, 3.8) is 0 Å². The Bertz CT molecular complexity index is 570. The molecular weight excluding hydrogens is 377 g/mol. The first kappa shape index (κ1) is 13.9. The van der Waals surface area contributed by atoms with Gasteiger partial charge in [-0.3, -0.25) is 0 Å². The first-order chi connectivity index (χ1) is 8.58. The molecule has 94 valence electrons. The van der Waals surface area contributed by atoms with Crippen molar-refractivity contribution < 1.29 is 0 Å². The molecule has 0 radical (unpaired) electrons. The van der Waals surface area contributed by atoms with Crippen molar-refractivity contribution in [1.82, 2.24) is 0 Å². The molecule has 0 heterocycles. The zero-order valence-electron chi connectivity index (χ0n) is 9.81. The lowest BCUT2D eigenvalue weighted by molar-refractivity contribution is 1.14. The second-order valence-corrected chi connectivity index (χ2v) is 6.09. The molecule has 18 heavy (non-hydrogen) atoms. The molecule has 2 aromatic rings. The summed E-state index contributed by atoms with van der Waals surface area (Å²) in [6, 6.07) is 12.1. The zero-order chi connectivity index (χ0) is 13.1. The van der Waals surface area contributed by atoms with Crippen LogP contribution in [0.25, 0.3) is 0 Å². The summed E-state index contributed by atoms with van der Waals surface area (Å²) in [7, 11) is 0. The molecule has 1 N–H and O–H groups in total. The van der Waals surface area contributed by atoms with E-state index in [1.54, 1.807) is 0 Å². The van der Waals surface area contributed by atoms with Gasteiger partial charge in [0.15, 0.2) is 0 Å². The van der Waals surface area contributed by atoms with Crippen LogP contribution in [-0.2, 0) is 6.54 Å². The van der Waals surface area contributed by atoms with Gasteiger partial charge in [0.05, 0.1) is 5.02 Å². The Morgan fingerprint density at radius 3 is 2.67 bits per heavy atom. The minimum Gasteiger partial charge on any atom is -0.380 e. The molecule has 0 aliphatic heterocycles. The van der Waals surface area contributed by atoms with Crippen LogP contribution in [0.2, 0.25) is 5.02 Å². The maximum atomic E-state index is 5.97. The fourth-order valence-corrected chi connectivity index (χ4v) is 2.58. The molecule has 4 heteroatoms. The second-order valence-electron chi connectivity index (χ2n) is 4.04. The fraction of sp³-hybridized carbons (Fsp3) is 0.143. The molecule has 0 amide bonds. The van der Waals surface area contributed by atoms with Crippen LogP contribution >= 0.6 is 43.5 Å². The first-order valence-electron chi connectivity index (χ1n) is 5.51. The predicted octanol–water partition coefficient (Wildman–Crippen LogP) is 5.79. The average Bonchev–Trinajstić information content (AvgIpc) is 2.35. The standard InChI is InChI=1S/C14H12Br2ClN/c1-9-3-2-4-13(14(9)16)18-8-10-5-6-12(17)11(15)7-10/h2-7,18H,8H2,1H3. The summed E-state index contributed by atoms with van der Waals surface area (Å²) in [5.74, 6) is 0. The van der Waals surface area contributed by atoms with Crippen molar-refractivity contribution in [3.05, 3.63) is 61.5 Å². The Morgan fingerprint density at radius 2 is 1.94 bits per heavy atom. The Kier molecular flexibility index (Phi) is 4.71. The highest BCUT2D eigenvalue weighted by Crippen LogP contribution is 2.27. The largest absolute Gasteiger partial charge is 0.380 e. The van der Waals surface area contributed by atoms with Gasteiger partial charge in [-0.05, 0) is 68.1 Å². The van der Waals surface area contributed by atoms with Gasteiger partial charge in [0.2, 0.25) is 0 Å². The van der Waals surface area contributed by atoms with E-state index < -0.39 is 0 Å². The van der Waals surface area contributed by atoms with E-state index in [0.29, 0.717) is 0 Å². The van der Waals surface area contributed by atoms with Crippen LogP contribution < -0.4 is 5.32 Å². The van der Waals surface area contributed by atoms with Crippen molar-refractivity contribution in [2.24, 2.45) is 0 Å². The quantitative estimate of drug-likeness (QED) is 0.701. The monoisotopic (exact) mass is 387 g/mol. The predicted molar refractivity (Wildman–Crippen MR) is 85.4 cm³/mol. The lowest BCUT2D eigenvalue weighted by atomic mass is 10.2. The highest BCUT2D eigenvalue weighted by atomic mass is 79.9. The molecular formula is C14H12Br2ClN. The van der Waals surface area contributed by atoms with Gasteiger partial charge in [-0.2, -0.15) is 0 Å². The maximum Gasteiger partial charge on any atom is 0.0548 e. The maximum absolute atomic E-state index is 5.97. The molecule has 2 rings (SSSR count). The molecule has 0 saturated heterocycles. The summed E-state index contributed by atoms with van der Waals surface area (Å²) in [6.07, 6.45) is 0. The summed E-state index contributed by atoms with van der Waals surface area (Å²) >= 11 is 13.0.